The molecule has 2 unspecified atom stereocenters. The third kappa shape index (κ3) is 2.90. The number of likely N-dealkylation sites (tertiary alicyclic amines) is 1. The average molecular weight is 378 g/mol. The number of para-hydroxylation sites is 1. The monoisotopic (exact) mass is 378 g/mol. The minimum Gasteiger partial charge on any atom is -0.354 e. The van der Waals surface area contributed by atoms with Crippen molar-refractivity contribution >= 4 is 11.7 Å². The molecule has 1 amide bonds. The van der Waals surface area contributed by atoms with Crippen LogP contribution < -0.4 is 4.90 Å². The van der Waals surface area contributed by atoms with Gasteiger partial charge in [0, 0.05) is 25.6 Å². The summed E-state index contributed by atoms with van der Waals surface area (Å²) in [4.78, 5) is 22.7. The Kier molecular flexibility index (Phi) is 4.03. The summed E-state index contributed by atoms with van der Waals surface area (Å²) in [6.07, 6.45) is 3.70. The fourth-order valence-electron chi connectivity index (χ4n) is 4.15. The zero-order chi connectivity index (χ0) is 19.1. The van der Waals surface area contributed by atoms with Gasteiger partial charge in [0.2, 0.25) is 0 Å². The topological polar surface area (TPSA) is 67.2 Å². The quantitative estimate of drug-likeness (QED) is 0.699. The van der Waals surface area contributed by atoms with Gasteiger partial charge < -0.3 is 9.80 Å². The van der Waals surface area contributed by atoms with Crippen molar-refractivity contribution in [2.45, 2.75) is 12.5 Å². The molecular weight excluding hydrogens is 359 g/mol. The Balaban J connectivity index is 1.33. The summed E-state index contributed by atoms with van der Waals surface area (Å²) in [7, 11) is 0. The fraction of sp³-hybridized carbons (Fsp3) is 0.300. The molecule has 4 heterocycles. The molecule has 5 rings (SSSR count). The van der Waals surface area contributed by atoms with E-state index in [0.29, 0.717) is 18.2 Å². The number of rotatable bonds is 3. The second-order valence-corrected chi connectivity index (χ2v) is 7.21. The average Bonchev–Trinajstić information content (AvgIpc) is 3.44. The standard InChI is InChI=1S/C20H19FN6O/c21-15-6-7-19(22-10-15)25-12-14-8-9-26(18(14)13-25)20(28)17-11-23-27(24-17)16-4-2-1-3-5-16/h1-7,10-11,14,18H,8-9,12-13H2. The Morgan fingerprint density at radius 2 is 1.93 bits per heavy atom. The highest BCUT2D eigenvalue weighted by atomic mass is 19.1. The number of benzene rings is 1. The highest BCUT2D eigenvalue weighted by Gasteiger charge is 2.44. The molecule has 0 N–H and O–H groups in total. The molecule has 2 fully saturated rings. The van der Waals surface area contributed by atoms with E-state index in [0.717, 1.165) is 31.0 Å². The second-order valence-electron chi connectivity index (χ2n) is 7.21. The lowest BCUT2D eigenvalue weighted by Gasteiger charge is -2.24. The van der Waals surface area contributed by atoms with Gasteiger partial charge in [-0.15, -0.1) is 5.10 Å². The van der Waals surface area contributed by atoms with E-state index in [9.17, 15) is 9.18 Å². The number of hydrogen-bond donors (Lipinski definition) is 0. The van der Waals surface area contributed by atoms with E-state index in [1.807, 2.05) is 35.2 Å². The molecule has 0 spiro atoms. The lowest BCUT2D eigenvalue weighted by Crippen LogP contribution is -2.40. The van der Waals surface area contributed by atoms with E-state index in [1.54, 1.807) is 6.07 Å². The normalized spacial score (nSPS) is 21.2. The SMILES string of the molecule is O=C(c1cnn(-c2ccccc2)n1)N1CCC2CN(c3ccc(F)cn3)CC21. The van der Waals surface area contributed by atoms with E-state index in [1.165, 1.54) is 23.3 Å². The number of anilines is 1. The van der Waals surface area contributed by atoms with Gasteiger partial charge in [-0.3, -0.25) is 4.79 Å². The van der Waals surface area contributed by atoms with E-state index in [2.05, 4.69) is 20.1 Å². The minimum atomic E-state index is -0.346. The van der Waals surface area contributed by atoms with Gasteiger partial charge in [0.1, 0.15) is 11.6 Å². The zero-order valence-corrected chi connectivity index (χ0v) is 15.1. The number of carbonyl (C=O) groups excluding carboxylic acids is 1. The van der Waals surface area contributed by atoms with E-state index in [-0.39, 0.29) is 17.8 Å². The van der Waals surface area contributed by atoms with Gasteiger partial charge in [-0.1, -0.05) is 18.2 Å². The van der Waals surface area contributed by atoms with Crippen molar-refractivity contribution in [3.63, 3.8) is 0 Å². The number of hydrogen-bond acceptors (Lipinski definition) is 5. The molecule has 0 bridgehead atoms. The van der Waals surface area contributed by atoms with Crippen molar-refractivity contribution in [2.75, 3.05) is 24.5 Å². The Hall–Kier alpha value is -3.29. The van der Waals surface area contributed by atoms with Gasteiger partial charge in [-0.2, -0.15) is 9.90 Å². The molecule has 2 aliphatic heterocycles. The van der Waals surface area contributed by atoms with Gasteiger partial charge in [0.25, 0.3) is 5.91 Å². The first-order valence-electron chi connectivity index (χ1n) is 9.34. The maximum Gasteiger partial charge on any atom is 0.276 e. The summed E-state index contributed by atoms with van der Waals surface area (Å²) in [5.41, 5.74) is 1.16. The third-order valence-corrected chi connectivity index (χ3v) is 5.54. The van der Waals surface area contributed by atoms with Crippen LogP contribution >= 0.6 is 0 Å². The number of aromatic nitrogens is 4. The van der Waals surface area contributed by atoms with Crippen molar-refractivity contribution in [3.05, 3.63) is 66.4 Å². The van der Waals surface area contributed by atoms with E-state index < -0.39 is 0 Å². The minimum absolute atomic E-state index is 0.0939. The number of amides is 1. The highest BCUT2D eigenvalue weighted by molar-refractivity contribution is 5.92. The Morgan fingerprint density at radius 3 is 2.71 bits per heavy atom. The van der Waals surface area contributed by atoms with Crippen molar-refractivity contribution < 1.29 is 9.18 Å². The van der Waals surface area contributed by atoms with Crippen LogP contribution in [0.3, 0.4) is 0 Å². The number of fused-ring (bicyclic) bond motifs is 1. The molecule has 142 valence electrons. The maximum atomic E-state index is 13.1. The van der Waals surface area contributed by atoms with Gasteiger partial charge >= 0.3 is 0 Å². The first-order chi connectivity index (χ1) is 13.7. The highest BCUT2D eigenvalue weighted by Crippen LogP contribution is 2.34. The molecule has 2 saturated heterocycles. The van der Waals surface area contributed by atoms with Crippen LogP contribution in [-0.2, 0) is 0 Å². The molecule has 0 saturated carbocycles. The number of carbonyl (C=O) groups is 1. The van der Waals surface area contributed by atoms with Crippen molar-refractivity contribution in [3.8, 4) is 5.69 Å². The summed E-state index contributed by atoms with van der Waals surface area (Å²) >= 11 is 0. The van der Waals surface area contributed by atoms with E-state index in [4.69, 9.17) is 0 Å². The third-order valence-electron chi connectivity index (χ3n) is 5.54. The first-order valence-corrected chi connectivity index (χ1v) is 9.34. The first kappa shape index (κ1) is 16.9. The maximum absolute atomic E-state index is 13.1. The molecule has 3 aromatic rings. The molecule has 2 aromatic heterocycles. The van der Waals surface area contributed by atoms with Crippen LogP contribution in [0.15, 0.2) is 54.9 Å². The Labute approximate surface area is 161 Å². The van der Waals surface area contributed by atoms with Gasteiger partial charge in [0.15, 0.2) is 5.69 Å². The molecule has 7 nitrogen and oxygen atoms in total. The van der Waals surface area contributed by atoms with Gasteiger partial charge in [-0.05, 0) is 30.7 Å². The fourth-order valence-corrected chi connectivity index (χ4v) is 4.15. The number of pyridine rings is 1. The lowest BCUT2D eigenvalue weighted by atomic mass is 10.1. The van der Waals surface area contributed by atoms with Gasteiger partial charge in [0.05, 0.1) is 24.1 Å². The molecule has 1 aromatic carbocycles. The van der Waals surface area contributed by atoms with Crippen LogP contribution in [0.5, 0.6) is 0 Å². The summed E-state index contributed by atoms with van der Waals surface area (Å²) in [6, 6.07) is 12.7. The van der Waals surface area contributed by atoms with Crippen LogP contribution in [-0.4, -0.2) is 56.5 Å². The smallest absolute Gasteiger partial charge is 0.276 e. The summed E-state index contributed by atoms with van der Waals surface area (Å²) in [5, 5.41) is 8.61. The van der Waals surface area contributed by atoms with Crippen LogP contribution in [0.2, 0.25) is 0 Å². The molecular formula is C20H19FN6O. The van der Waals surface area contributed by atoms with Crippen molar-refractivity contribution in [1.82, 2.24) is 24.9 Å². The van der Waals surface area contributed by atoms with E-state index >= 15 is 0 Å². The van der Waals surface area contributed by atoms with Crippen LogP contribution in [0, 0.1) is 11.7 Å². The summed E-state index contributed by atoms with van der Waals surface area (Å²) in [6.45, 7) is 2.24. The molecule has 28 heavy (non-hydrogen) atoms. The van der Waals surface area contributed by atoms with Crippen molar-refractivity contribution in [2.24, 2.45) is 5.92 Å². The van der Waals surface area contributed by atoms with Crippen LogP contribution in [0.1, 0.15) is 16.9 Å². The van der Waals surface area contributed by atoms with Gasteiger partial charge in [-0.25, -0.2) is 9.37 Å². The molecule has 2 aliphatic rings. The lowest BCUT2D eigenvalue weighted by molar-refractivity contribution is 0.0732. The second kappa shape index (κ2) is 6.70. The largest absolute Gasteiger partial charge is 0.354 e. The molecule has 2 atom stereocenters. The molecule has 0 radical (unpaired) electrons. The van der Waals surface area contributed by atoms with Crippen LogP contribution in [0.4, 0.5) is 10.2 Å². The van der Waals surface area contributed by atoms with Crippen molar-refractivity contribution in [1.29, 1.82) is 0 Å². The molecule has 8 heteroatoms. The predicted molar refractivity (Wildman–Crippen MR) is 101 cm³/mol. The number of nitrogens with zero attached hydrogens (tertiary/aromatic N) is 6. The van der Waals surface area contributed by atoms with Crippen LogP contribution in [0.25, 0.3) is 5.69 Å². The summed E-state index contributed by atoms with van der Waals surface area (Å²) in [5.74, 6) is 0.697. The number of halogens is 1. The Morgan fingerprint density at radius 1 is 1.07 bits per heavy atom. The Bertz CT molecular complexity index is 989. The zero-order valence-electron chi connectivity index (χ0n) is 15.1. The molecule has 0 aliphatic carbocycles. The predicted octanol–water partition coefficient (Wildman–Crippen LogP) is 2.15. The summed E-state index contributed by atoms with van der Waals surface area (Å²) < 4.78 is 13.1.